The molecule has 0 unspecified atom stereocenters. The van der Waals surface area contributed by atoms with Crippen molar-refractivity contribution in [3.8, 4) is 17.2 Å². The van der Waals surface area contributed by atoms with E-state index in [2.05, 4.69) is 10.2 Å². The minimum absolute atomic E-state index is 0.0910. The number of nitrogens with two attached hydrogens (primary N) is 2. The first kappa shape index (κ1) is 19.1. The Balaban J connectivity index is 3.14. The largest absolute Gasteiger partial charge is 0.514 e. The molecule has 0 aliphatic heterocycles. The summed E-state index contributed by atoms with van der Waals surface area (Å²) >= 11 is 0. The number of carbonyl (C=O) groups is 1. The van der Waals surface area contributed by atoms with Crippen molar-refractivity contribution in [2.75, 3.05) is 14.2 Å². The Morgan fingerprint density at radius 2 is 1.67 bits per heavy atom. The van der Waals surface area contributed by atoms with E-state index >= 15 is 0 Å². The SMILES string of the molecule is COc1cc(C=NN=C(N)N)cc(OC)c1OC(=O)OC(C)(C)C. The molecule has 0 aliphatic rings. The number of guanidine groups is 1. The van der Waals surface area contributed by atoms with Crippen LogP contribution in [0.2, 0.25) is 0 Å². The van der Waals surface area contributed by atoms with Crippen LogP contribution in [0.4, 0.5) is 4.79 Å². The number of hydrogen-bond acceptors (Lipinski definition) is 7. The van der Waals surface area contributed by atoms with Crippen molar-refractivity contribution >= 4 is 18.3 Å². The zero-order valence-corrected chi connectivity index (χ0v) is 14.3. The van der Waals surface area contributed by atoms with Crippen molar-refractivity contribution < 1.29 is 23.7 Å². The summed E-state index contributed by atoms with van der Waals surface area (Å²) < 4.78 is 20.8. The minimum Gasteiger partial charge on any atom is -0.493 e. The van der Waals surface area contributed by atoms with Crippen LogP contribution in [0.1, 0.15) is 26.3 Å². The quantitative estimate of drug-likeness (QED) is 0.274. The maximum absolute atomic E-state index is 11.9. The average Bonchev–Trinajstić information content (AvgIpc) is 2.45. The van der Waals surface area contributed by atoms with Gasteiger partial charge in [0.05, 0.1) is 20.4 Å². The van der Waals surface area contributed by atoms with E-state index in [0.717, 1.165) is 0 Å². The van der Waals surface area contributed by atoms with Crippen molar-refractivity contribution in [1.82, 2.24) is 0 Å². The number of hydrogen-bond donors (Lipinski definition) is 2. The smallest absolute Gasteiger partial charge is 0.493 e. The van der Waals surface area contributed by atoms with Gasteiger partial charge in [-0.25, -0.2) is 4.79 Å². The van der Waals surface area contributed by atoms with Crippen molar-refractivity contribution in [3.05, 3.63) is 17.7 Å². The Morgan fingerprint density at radius 1 is 1.12 bits per heavy atom. The molecule has 0 bridgehead atoms. The van der Waals surface area contributed by atoms with Crippen molar-refractivity contribution in [2.24, 2.45) is 21.7 Å². The monoisotopic (exact) mass is 338 g/mol. The molecule has 0 heterocycles. The van der Waals surface area contributed by atoms with Crippen LogP contribution < -0.4 is 25.7 Å². The standard InChI is InChI=1S/C15H22N4O5/c1-15(2,3)24-14(20)23-12-10(21-4)6-9(7-11(12)22-5)8-18-19-13(16)17/h6-8H,1-5H3,(H4,16,17,19). The minimum atomic E-state index is -0.874. The topological polar surface area (TPSA) is 131 Å². The summed E-state index contributed by atoms with van der Waals surface area (Å²) in [5, 5.41) is 7.20. The average molecular weight is 338 g/mol. The van der Waals surface area contributed by atoms with Crippen LogP contribution in [0.25, 0.3) is 0 Å². The van der Waals surface area contributed by atoms with Gasteiger partial charge in [-0.2, -0.15) is 5.10 Å². The van der Waals surface area contributed by atoms with Gasteiger partial charge in [-0.15, -0.1) is 5.10 Å². The molecule has 4 N–H and O–H groups in total. The Bertz CT molecular complexity index is 621. The van der Waals surface area contributed by atoms with E-state index < -0.39 is 11.8 Å². The number of methoxy groups -OCH3 is 2. The van der Waals surface area contributed by atoms with Gasteiger partial charge in [0.15, 0.2) is 11.5 Å². The highest BCUT2D eigenvalue weighted by molar-refractivity contribution is 5.84. The predicted molar refractivity (Wildman–Crippen MR) is 89.8 cm³/mol. The van der Waals surface area contributed by atoms with Crippen LogP contribution in [-0.4, -0.2) is 38.2 Å². The normalized spacial score (nSPS) is 11.0. The van der Waals surface area contributed by atoms with Gasteiger partial charge in [-0.3, -0.25) is 0 Å². The highest BCUT2D eigenvalue weighted by Crippen LogP contribution is 2.38. The molecule has 132 valence electrons. The molecule has 1 aromatic carbocycles. The predicted octanol–water partition coefficient (Wildman–Crippen LogP) is 1.62. The molecule has 0 aromatic heterocycles. The number of carbonyl (C=O) groups excluding carboxylic acids is 1. The van der Waals surface area contributed by atoms with E-state index in [9.17, 15) is 4.79 Å². The van der Waals surface area contributed by atoms with Gasteiger partial charge in [0.1, 0.15) is 5.60 Å². The first-order valence-corrected chi connectivity index (χ1v) is 6.95. The van der Waals surface area contributed by atoms with Gasteiger partial charge < -0.3 is 30.4 Å². The highest BCUT2D eigenvalue weighted by atomic mass is 16.7. The molecule has 9 heteroatoms. The molecule has 0 amide bonds. The molecule has 1 rings (SSSR count). The second-order valence-electron chi connectivity index (χ2n) is 5.59. The third kappa shape index (κ3) is 6.03. The number of benzene rings is 1. The Kier molecular flexibility index (Phi) is 6.39. The van der Waals surface area contributed by atoms with E-state index in [4.69, 9.17) is 30.4 Å². The van der Waals surface area contributed by atoms with E-state index in [0.29, 0.717) is 5.56 Å². The molecular formula is C15H22N4O5. The number of ether oxygens (including phenoxy) is 4. The number of rotatable bonds is 5. The summed E-state index contributed by atoms with van der Waals surface area (Å²) in [5.41, 5.74) is 10.3. The highest BCUT2D eigenvalue weighted by Gasteiger charge is 2.22. The van der Waals surface area contributed by atoms with E-state index in [-0.39, 0.29) is 23.2 Å². The lowest BCUT2D eigenvalue weighted by atomic mass is 10.2. The molecule has 0 atom stereocenters. The Labute approximate surface area is 140 Å². The lowest BCUT2D eigenvalue weighted by molar-refractivity contribution is 0.0195. The van der Waals surface area contributed by atoms with Gasteiger partial charge >= 0.3 is 6.16 Å². The van der Waals surface area contributed by atoms with E-state index in [1.165, 1.54) is 20.4 Å². The van der Waals surface area contributed by atoms with E-state index in [1.807, 2.05) is 0 Å². The summed E-state index contributed by atoms with van der Waals surface area (Å²) in [6.45, 7) is 5.18. The molecular weight excluding hydrogens is 316 g/mol. The Morgan fingerprint density at radius 3 is 2.08 bits per heavy atom. The fourth-order valence-corrected chi connectivity index (χ4v) is 1.59. The van der Waals surface area contributed by atoms with Crippen LogP contribution in [-0.2, 0) is 4.74 Å². The second-order valence-corrected chi connectivity index (χ2v) is 5.59. The van der Waals surface area contributed by atoms with Crippen LogP contribution in [0.3, 0.4) is 0 Å². The van der Waals surface area contributed by atoms with Crippen LogP contribution in [0, 0.1) is 0 Å². The van der Waals surface area contributed by atoms with Gasteiger partial charge in [0.25, 0.3) is 0 Å². The Hall–Kier alpha value is -2.97. The molecule has 0 radical (unpaired) electrons. The first-order valence-electron chi connectivity index (χ1n) is 6.95. The van der Waals surface area contributed by atoms with Crippen LogP contribution in [0.15, 0.2) is 22.3 Å². The summed E-state index contributed by atoms with van der Waals surface area (Å²) in [7, 11) is 2.85. The molecule has 9 nitrogen and oxygen atoms in total. The molecule has 0 fully saturated rings. The van der Waals surface area contributed by atoms with Crippen LogP contribution >= 0.6 is 0 Å². The molecule has 0 aliphatic carbocycles. The summed E-state index contributed by atoms with van der Waals surface area (Å²) in [4.78, 5) is 11.9. The lowest BCUT2D eigenvalue weighted by Gasteiger charge is -2.20. The fourth-order valence-electron chi connectivity index (χ4n) is 1.59. The van der Waals surface area contributed by atoms with Gasteiger partial charge in [0, 0.05) is 5.56 Å². The van der Waals surface area contributed by atoms with Gasteiger partial charge in [-0.05, 0) is 32.9 Å². The summed E-state index contributed by atoms with van der Waals surface area (Å²) in [5.74, 6) is 0.431. The summed E-state index contributed by atoms with van der Waals surface area (Å²) in [6.07, 6.45) is 0.517. The zero-order chi connectivity index (χ0) is 18.3. The zero-order valence-electron chi connectivity index (χ0n) is 14.3. The first-order chi connectivity index (χ1) is 11.2. The third-order valence-electron chi connectivity index (χ3n) is 2.44. The lowest BCUT2D eigenvalue weighted by Crippen LogP contribution is -2.26. The second kappa shape index (κ2) is 8.04. The van der Waals surface area contributed by atoms with Crippen molar-refractivity contribution in [1.29, 1.82) is 0 Å². The molecule has 24 heavy (non-hydrogen) atoms. The molecule has 0 spiro atoms. The van der Waals surface area contributed by atoms with Crippen molar-refractivity contribution in [2.45, 2.75) is 26.4 Å². The maximum Gasteiger partial charge on any atom is 0.514 e. The van der Waals surface area contributed by atoms with Gasteiger partial charge in [-0.1, -0.05) is 0 Å². The fraction of sp³-hybridized carbons (Fsp3) is 0.400. The third-order valence-corrected chi connectivity index (χ3v) is 2.44. The van der Waals surface area contributed by atoms with Gasteiger partial charge in [0.2, 0.25) is 11.7 Å². The van der Waals surface area contributed by atoms with Crippen molar-refractivity contribution in [3.63, 3.8) is 0 Å². The molecule has 1 aromatic rings. The van der Waals surface area contributed by atoms with E-state index in [1.54, 1.807) is 32.9 Å². The van der Waals surface area contributed by atoms with Crippen LogP contribution in [0.5, 0.6) is 17.2 Å². The molecule has 0 saturated heterocycles. The summed E-state index contributed by atoms with van der Waals surface area (Å²) in [6, 6.07) is 3.15. The number of nitrogens with zero attached hydrogens (tertiary/aromatic N) is 2. The molecule has 0 saturated carbocycles. The maximum atomic E-state index is 11.9.